The highest BCUT2D eigenvalue weighted by atomic mass is 16.5. The van der Waals surface area contributed by atoms with Crippen LogP contribution >= 0.6 is 0 Å². The van der Waals surface area contributed by atoms with Gasteiger partial charge in [-0.05, 0) is 30.7 Å². The lowest BCUT2D eigenvalue weighted by molar-refractivity contribution is 0.0948. The molecule has 0 aliphatic carbocycles. The molecule has 0 bridgehead atoms. The molecular formula is C18H19N3O2. The molecule has 0 atom stereocenters. The van der Waals surface area contributed by atoms with Crippen LogP contribution in [0.4, 0.5) is 0 Å². The Morgan fingerprint density at radius 3 is 2.83 bits per heavy atom. The van der Waals surface area contributed by atoms with E-state index in [0.29, 0.717) is 18.7 Å². The Morgan fingerprint density at radius 2 is 2.04 bits per heavy atom. The number of hydrogen-bond donors (Lipinski definition) is 2. The van der Waals surface area contributed by atoms with Crippen molar-refractivity contribution < 1.29 is 9.53 Å². The highest BCUT2D eigenvalue weighted by Gasteiger charge is 2.08. The van der Waals surface area contributed by atoms with Gasteiger partial charge in [0.05, 0.1) is 5.69 Å². The second-order valence-electron chi connectivity index (χ2n) is 5.28. The predicted molar refractivity (Wildman–Crippen MR) is 90.4 cm³/mol. The van der Waals surface area contributed by atoms with Crippen LogP contribution < -0.4 is 5.32 Å². The first-order chi connectivity index (χ1) is 11.3. The van der Waals surface area contributed by atoms with Gasteiger partial charge in [0, 0.05) is 54.7 Å². The van der Waals surface area contributed by atoms with Crippen molar-refractivity contribution in [2.24, 2.45) is 0 Å². The third-order valence-corrected chi connectivity index (χ3v) is 3.71. The molecule has 2 heterocycles. The van der Waals surface area contributed by atoms with Crippen molar-refractivity contribution in [3.05, 3.63) is 54.4 Å². The molecule has 118 valence electrons. The first-order valence-electron chi connectivity index (χ1n) is 7.59. The number of benzene rings is 1. The maximum absolute atomic E-state index is 12.1. The SMILES string of the molecule is COCCCNC(=O)c1ccc(-c2nccc3[nH]ccc23)cc1. The van der Waals surface area contributed by atoms with E-state index >= 15 is 0 Å². The molecule has 0 fully saturated rings. The summed E-state index contributed by atoms with van der Waals surface area (Å²) in [4.78, 5) is 19.7. The normalized spacial score (nSPS) is 10.8. The molecule has 0 saturated carbocycles. The monoisotopic (exact) mass is 309 g/mol. The number of rotatable bonds is 6. The van der Waals surface area contributed by atoms with Crippen LogP contribution in [0.15, 0.2) is 48.8 Å². The van der Waals surface area contributed by atoms with Gasteiger partial charge in [0.2, 0.25) is 0 Å². The van der Waals surface area contributed by atoms with Crippen LogP contribution in [-0.4, -0.2) is 36.1 Å². The van der Waals surface area contributed by atoms with Crippen LogP contribution in [-0.2, 0) is 4.74 Å². The van der Waals surface area contributed by atoms with Gasteiger partial charge in [0.1, 0.15) is 0 Å². The Morgan fingerprint density at radius 1 is 1.22 bits per heavy atom. The number of hydrogen-bond acceptors (Lipinski definition) is 3. The number of nitrogens with zero attached hydrogens (tertiary/aromatic N) is 1. The predicted octanol–water partition coefficient (Wildman–Crippen LogP) is 3.00. The molecule has 0 radical (unpaired) electrons. The zero-order valence-corrected chi connectivity index (χ0v) is 13.0. The van der Waals surface area contributed by atoms with Crippen molar-refractivity contribution >= 4 is 16.8 Å². The molecule has 1 aromatic carbocycles. The van der Waals surface area contributed by atoms with Gasteiger partial charge in [-0.25, -0.2) is 0 Å². The number of fused-ring (bicyclic) bond motifs is 1. The summed E-state index contributed by atoms with van der Waals surface area (Å²) in [6, 6.07) is 11.5. The minimum Gasteiger partial charge on any atom is -0.385 e. The van der Waals surface area contributed by atoms with Gasteiger partial charge < -0.3 is 15.0 Å². The summed E-state index contributed by atoms with van der Waals surface area (Å²) < 4.78 is 4.96. The van der Waals surface area contributed by atoms with Gasteiger partial charge in [0.25, 0.3) is 5.91 Å². The number of aromatic nitrogens is 2. The molecule has 0 aliphatic rings. The number of ether oxygens (including phenoxy) is 1. The summed E-state index contributed by atoms with van der Waals surface area (Å²) >= 11 is 0. The van der Waals surface area contributed by atoms with E-state index in [1.54, 1.807) is 13.3 Å². The number of carbonyl (C=O) groups is 1. The maximum Gasteiger partial charge on any atom is 0.251 e. The second kappa shape index (κ2) is 7.07. The Bertz CT molecular complexity index is 793. The van der Waals surface area contributed by atoms with Gasteiger partial charge in [-0.15, -0.1) is 0 Å². The summed E-state index contributed by atoms with van der Waals surface area (Å²) in [6.07, 6.45) is 4.49. The summed E-state index contributed by atoms with van der Waals surface area (Å²) in [5.41, 5.74) is 3.60. The van der Waals surface area contributed by atoms with Crippen LogP contribution in [0.2, 0.25) is 0 Å². The molecule has 1 amide bonds. The first kappa shape index (κ1) is 15.2. The van der Waals surface area contributed by atoms with Crippen LogP contribution in [0, 0.1) is 0 Å². The summed E-state index contributed by atoms with van der Waals surface area (Å²) in [5.74, 6) is -0.0690. The van der Waals surface area contributed by atoms with Gasteiger partial charge in [-0.2, -0.15) is 0 Å². The number of nitrogens with one attached hydrogen (secondary N) is 2. The number of carbonyl (C=O) groups excluding carboxylic acids is 1. The van der Waals surface area contributed by atoms with E-state index in [-0.39, 0.29) is 5.91 Å². The maximum atomic E-state index is 12.1. The van der Waals surface area contributed by atoms with Crippen molar-refractivity contribution in [3.63, 3.8) is 0 Å². The van der Waals surface area contributed by atoms with Crippen molar-refractivity contribution in [2.75, 3.05) is 20.3 Å². The third-order valence-electron chi connectivity index (χ3n) is 3.71. The zero-order chi connectivity index (χ0) is 16.1. The third kappa shape index (κ3) is 3.40. The molecule has 3 rings (SSSR count). The topological polar surface area (TPSA) is 67.0 Å². The summed E-state index contributed by atoms with van der Waals surface area (Å²) in [5, 5.41) is 3.95. The van der Waals surface area contributed by atoms with Crippen molar-refractivity contribution in [1.29, 1.82) is 0 Å². The van der Waals surface area contributed by atoms with Crippen LogP contribution in [0.3, 0.4) is 0 Å². The first-order valence-corrected chi connectivity index (χ1v) is 7.59. The second-order valence-corrected chi connectivity index (χ2v) is 5.28. The number of pyridine rings is 1. The van der Waals surface area contributed by atoms with Crippen LogP contribution in [0.5, 0.6) is 0 Å². The lowest BCUT2D eigenvalue weighted by Gasteiger charge is -2.07. The molecule has 0 spiro atoms. The van der Waals surface area contributed by atoms with E-state index in [2.05, 4.69) is 15.3 Å². The molecule has 0 unspecified atom stereocenters. The van der Waals surface area contributed by atoms with Crippen LogP contribution in [0.25, 0.3) is 22.2 Å². The number of aromatic amines is 1. The molecule has 2 aromatic heterocycles. The molecule has 0 saturated heterocycles. The van der Waals surface area contributed by atoms with E-state index in [9.17, 15) is 4.79 Å². The molecule has 2 N–H and O–H groups in total. The number of amides is 1. The number of H-pyrrole nitrogens is 1. The molecule has 23 heavy (non-hydrogen) atoms. The van der Waals surface area contributed by atoms with Crippen LogP contribution in [0.1, 0.15) is 16.8 Å². The molecule has 5 heteroatoms. The number of methoxy groups -OCH3 is 1. The van der Waals surface area contributed by atoms with Crippen molar-refractivity contribution in [3.8, 4) is 11.3 Å². The fourth-order valence-electron chi connectivity index (χ4n) is 2.51. The van der Waals surface area contributed by atoms with E-state index in [0.717, 1.165) is 28.6 Å². The van der Waals surface area contributed by atoms with Crippen molar-refractivity contribution in [1.82, 2.24) is 15.3 Å². The van der Waals surface area contributed by atoms with Gasteiger partial charge in [-0.1, -0.05) is 12.1 Å². The summed E-state index contributed by atoms with van der Waals surface area (Å²) in [6.45, 7) is 1.25. The van der Waals surface area contributed by atoms with E-state index in [1.165, 1.54) is 0 Å². The highest BCUT2D eigenvalue weighted by molar-refractivity contribution is 5.96. The Kier molecular flexibility index (Phi) is 4.68. The van der Waals surface area contributed by atoms with E-state index in [1.807, 2.05) is 42.6 Å². The smallest absolute Gasteiger partial charge is 0.251 e. The molecule has 5 nitrogen and oxygen atoms in total. The standard InChI is InChI=1S/C18H19N3O2/c1-23-12-2-9-21-18(22)14-5-3-13(4-6-14)17-15-7-10-19-16(15)8-11-20-17/h3-8,10-11,19H,2,9,12H2,1H3,(H,21,22). The fourth-order valence-corrected chi connectivity index (χ4v) is 2.51. The van der Waals surface area contributed by atoms with E-state index in [4.69, 9.17) is 4.74 Å². The fraction of sp³-hybridized carbons (Fsp3) is 0.222. The Hall–Kier alpha value is -2.66. The quantitative estimate of drug-likeness (QED) is 0.688. The average Bonchev–Trinajstić information content (AvgIpc) is 3.07. The van der Waals surface area contributed by atoms with E-state index < -0.39 is 0 Å². The van der Waals surface area contributed by atoms with Gasteiger partial charge >= 0.3 is 0 Å². The minimum absolute atomic E-state index is 0.0690. The lowest BCUT2D eigenvalue weighted by Crippen LogP contribution is -2.25. The molecular weight excluding hydrogens is 290 g/mol. The zero-order valence-electron chi connectivity index (χ0n) is 13.0. The Labute approximate surface area is 134 Å². The largest absolute Gasteiger partial charge is 0.385 e. The van der Waals surface area contributed by atoms with Gasteiger partial charge in [0.15, 0.2) is 0 Å². The average molecular weight is 309 g/mol. The minimum atomic E-state index is -0.0690. The van der Waals surface area contributed by atoms with Gasteiger partial charge in [-0.3, -0.25) is 9.78 Å². The lowest BCUT2D eigenvalue weighted by atomic mass is 10.1. The van der Waals surface area contributed by atoms with Crippen molar-refractivity contribution in [2.45, 2.75) is 6.42 Å². The molecule has 0 aliphatic heterocycles. The molecule has 3 aromatic rings. The summed E-state index contributed by atoms with van der Waals surface area (Å²) in [7, 11) is 1.65. The Balaban J connectivity index is 1.74. The highest BCUT2D eigenvalue weighted by Crippen LogP contribution is 2.25.